The molecular weight excluding hydrogens is 288 g/mol. The molecule has 2 aromatic heterocycles. The first-order valence-corrected chi connectivity index (χ1v) is 7.99. The Labute approximate surface area is 127 Å². The first-order chi connectivity index (χ1) is 10.1. The lowest BCUT2D eigenvalue weighted by molar-refractivity contribution is -0.131. The molecule has 0 saturated carbocycles. The minimum atomic E-state index is 0.153. The Morgan fingerprint density at radius 3 is 2.71 bits per heavy atom. The zero-order valence-electron chi connectivity index (χ0n) is 12.2. The number of rotatable bonds is 3. The van der Waals surface area contributed by atoms with E-state index < -0.39 is 0 Å². The number of aryl methyl sites for hydroxylation is 2. The van der Waals surface area contributed by atoms with E-state index in [1.165, 1.54) is 0 Å². The van der Waals surface area contributed by atoms with E-state index in [-0.39, 0.29) is 11.8 Å². The summed E-state index contributed by atoms with van der Waals surface area (Å²) >= 11 is 1.58. The third kappa shape index (κ3) is 3.29. The van der Waals surface area contributed by atoms with Crippen molar-refractivity contribution in [3.63, 3.8) is 0 Å². The molecule has 0 aliphatic carbocycles. The van der Waals surface area contributed by atoms with Crippen LogP contribution in [0.3, 0.4) is 0 Å². The second-order valence-electron chi connectivity index (χ2n) is 5.37. The van der Waals surface area contributed by atoms with Crippen LogP contribution in [0.2, 0.25) is 0 Å². The highest BCUT2D eigenvalue weighted by molar-refractivity contribution is 7.09. The van der Waals surface area contributed by atoms with Gasteiger partial charge in [-0.2, -0.15) is 4.98 Å². The summed E-state index contributed by atoms with van der Waals surface area (Å²) in [5.74, 6) is 1.80. The van der Waals surface area contributed by atoms with Gasteiger partial charge in [-0.25, -0.2) is 4.98 Å². The molecule has 2 aromatic rings. The van der Waals surface area contributed by atoms with Crippen LogP contribution in [0.15, 0.2) is 9.90 Å². The van der Waals surface area contributed by atoms with E-state index in [1.54, 1.807) is 11.3 Å². The number of hydrogen-bond acceptors (Lipinski definition) is 6. The molecule has 1 amide bonds. The molecule has 21 heavy (non-hydrogen) atoms. The van der Waals surface area contributed by atoms with Crippen LogP contribution in [0.1, 0.15) is 41.2 Å². The lowest BCUT2D eigenvalue weighted by atomic mass is 9.96. The number of amides is 1. The molecule has 1 aliphatic heterocycles. The van der Waals surface area contributed by atoms with E-state index in [9.17, 15) is 4.79 Å². The van der Waals surface area contributed by atoms with Crippen LogP contribution in [0, 0.1) is 13.8 Å². The second-order valence-corrected chi connectivity index (χ2v) is 6.43. The SMILES string of the molecule is Cc1noc(C2CCN(C(=O)Cc3csc(C)n3)CC2)n1. The molecule has 0 unspecified atom stereocenters. The summed E-state index contributed by atoms with van der Waals surface area (Å²) in [4.78, 5) is 22.8. The van der Waals surface area contributed by atoms with Crippen LogP contribution in [0.4, 0.5) is 0 Å². The maximum Gasteiger partial charge on any atom is 0.229 e. The summed E-state index contributed by atoms with van der Waals surface area (Å²) in [5, 5.41) is 6.79. The second kappa shape index (κ2) is 5.93. The summed E-state index contributed by atoms with van der Waals surface area (Å²) in [6.07, 6.45) is 2.15. The maximum atomic E-state index is 12.3. The van der Waals surface area contributed by atoms with E-state index in [0.29, 0.717) is 18.1 Å². The molecule has 0 atom stereocenters. The number of likely N-dealkylation sites (tertiary alicyclic amines) is 1. The molecule has 7 heteroatoms. The standard InChI is InChI=1S/C14H18N4O2S/c1-9-15-14(20-17-9)11-3-5-18(6-4-11)13(19)7-12-8-21-10(2)16-12/h8,11H,3-7H2,1-2H3. The highest BCUT2D eigenvalue weighted by Gasteiger charge is 2.27. The van der Waals surface area contributed by atoms with Crippen molar-refractivity contribution in [1.82, 2.24) is 20.0 Å². The Morgan fingerprint density at radius 2 is 2.14 bits per heavy atom. The van der Waals surface area contributed by atoms with Crippen LogP contribution in [0.5, 0.6) is 0 Å². The van der Waals surface area contributed by atoms with Crippen LogP contribution in [-0.4, -0.2) is 39.0 Å². The first-order valence-electron chi connectivity index (χ1n) is 7.11. The highest BCUT2D eigenvalue weighted by Crippen LogP contribution is 2.27. The number of hydrogen-bond donors (Lipinski definition) is 0. The van der Waals surface area contributed by atoms with Gasteiger partial charge in [-0.1, -0.05) is 5.16 Å². The van der Waals surface area contributed by atoms with Crippen LogP contribution < -0.4 is 0 Å². The maximum absolute atomic E-state index is 12.3. The minimum absolute atomic E-state index is 0.153. The van der Waals surface area contributed by atoms with Crippen LogP contribution in [-0.2, 0) is 11.2 Å². The van der Waals surface area contributed by atoms with Gasteiger partial charge < -0.3 is 9.42 Å². The van der Waals surface area contributed by atoms with Gasteiger partial charge in [0.1, 0.15) is 0 Å². The molecule has 0 N–H and O–H groups in total. The third-order valence-electron chi connectivity index (χ3n) is 3.74. The number of nitrogens with zero attached hydrogens (tertiary/aromatic N) is 4. The van der Waals surface area contributed by atoms with Gasteiger partial charge in [0.2, 0.25) is 11.8 Å². The van der Waals surface area contributed by atoms with Gasteiger partial charge in [-0.15, -0.1) is 11.3 Å². The summed E-state index contributed by atoms with van der Waals surface area (Å²) in [6.45, 7) is 5.26. The molecule has 112 valence electrons. The number of aromatic nitrogens is 3. The van der Waals surface area contributed by atoms with Crippen molar-refractivity contribution in [3.8, 4) is 0 Å². The lowest BCUT2D eigenvalue weighted by Crippen LogP contribution is -2.38. The first kappa shape index (κ1) is 14.2. The smallest absolute Gasteiger partial charge is 0.229 e. The van der Waals surface area contributed by atoms with Crippen molar-refractivity contribution in [1.29, 1.82) is 0 Å². The molecule has 0 aromatic carbocycles. The minimum Gasteiger partial charge on any atom is -0.342 e. The summed E-state index contributed by atoms with van der Waals surface area (Å²) in [6, 6.07) is 0. The molecule has 0 bridgehead atoms. The number of carbonyl (C=O) groups is 1. The van der Waals surface area contributed by atoms with E-state index in [1.807, 2.05) is 24.1 Å². The molecule has 0 radical (unpaired) electrons. The molecule has 0 spiro atoms. The fourth-order valence-corrected chi connectivity index (χ4v) is 3.22. The average molecular weight is 306 g/mol. The molecular formula is C14H18N4O2S. The van der Waals surface area contributed by atoms with Gasteiger partial charge >= 0.3 is 0 Å². The van der Waals surface area contributed by atoms with Gasteiger partial charge in [-0.05, 0) is 26.7 Å². The van der Waals surface area contributed by atoms with Gasteiger partial charge in [-0.3, -0.25) is 4.79 Å². The summed E-state index contributed by atoms with van der Waals surface area (Å²) in [7, 11) is 0. The van der Waals surface area contributed by atoms with Crippen molar-refractivity contribution in [2.75, 3.05) is 13.1 Å². The van der Waals surface area contributed by atoms with Crippen molar-refractivity contribution in [3.05, 3.63) is 27.8 Å². The Hall–Kier alpha value is -1.76. The predicted molar refractivity (Wildman–Crippen MR) is 78.1 cm³/mol. The fraction of sp³-hybridized carbons (Fsp3) is 0.571. The van der Waals surface area contributed by atoms with Gasteiger partial charge in [0, 0.05) is 24.4 Å². The summed E-state index contributed by atoms with van der Waals surface area (Å²) < 4.78 is 5.22. The molecule has 1 aliphatic rings. The average Bonchev–Trinajstić information content (AvgIpc) is 3.08. The van der Waals surface area contributed by atoms with Crippen molar-refractivity contribution in [2.24, 2.45) is 0 Å². The molecule has 1 fully saturated rings. The lowest BCUT2D eigenvalue weighted by Gasteiger charge is -2.30. The number of piperidine rings is 1. The largest absolute Gasteiger partial charge is 0.342 e. The molecule has 3 rings (SSSR count). The van der Waals surface area contributed by atoms with Gasteiger partial charge in [0.05, 0.1) is 17.1 Å². The van der Waals surface area contributed by atoms with Crippen molar-refractivity contribution >= 4 is 17.2 Å². The Kier molecular flexibility index (Phi) is 4.01. The number of carbonyl (C=O) groups excluding carboxylic acids is 1. The number of thiazole rings is 1. The van der Waals surface area contributed by atoms with Crippen molar-refractivity contribution in [2.45, 2.75) is 39.0 Å². The Balaban J connectivity index is 1.54. The molecule has 6 nitrogen and oxygen atoms in total. The normalized spacial score (nSPS) is 16.4. The topological polar surface area (TPSA) is 72.1 Å². The van der Waals surface area contributed by atoms with E-state index in [4.69, 9.17) is 4.52 Å². The monoisotopic (exact) mass is 306 g/mol. The quantitative estimate of drug-likeness (QED) is 0.868. The third-order valence-corrected chi connectivity index (χ3v) is 4.56. The zero-order valence-corrected chi connectivity index (χ0v) is 13.0. The molecule has 3 heterocycles. The highest BCUT2D eigenvalue weighted by atomic mass is 32.1. The van der Waals surface area contributed by atoms with E-state index in [0.717, 1.165) is 36.6 Å². The van der Waals surface area contributed by atoms with Crippen LogP contribution >= 0.6 is 11.3 Å². The van der Waals surface area contributed by atoms with E-state index >= 15 is 0 Å². The van der Waals surface area contributed by atoms with Crippen LogP contribution in [0.25, 0.3) is 0 Å². The fourth-order valence-electron chi connectivity index (χ4n) is 2.61. The Bertz CT molecular complexity index is 628. The summed E-state index contributed by atoms with van der Waals surface area (Å²) in [5.41, 5.74) is 0.872. The molecule has 1 saturated heterocycles. The predicted octanol–water partition coefficient (Wildman–Crippen LogP) is 2.09. The van der Waals surface area contributed by atoms with Crippen molar-refractivity contribution < 1.29 is 9.32 Å². The Morgan fingerprint density at radius 1 is 1.38 bits per heavy atom. The zero-order chi connectivity index (χ0) is 14.8. The van der Waals surface area contributed by atoms with E-state index in [2.05, 4.69) is 15.1 Å². The van der Waals surface area contributed by atoms with Gasteiger partial charge in [0.25, 0.3) is 0 Å². The van der Waals surface area contributed by atoms with Gasteiger partial charge in [0.15, 0.2) is 5.82 Å².